The number of nitrogens with zero attached hydrogens (tertiary/aromatic N) is 2. The highest BCUT2D eigenvalue weighted by Gasteiger charge is 2.34. The van der Waals surface area contributed by atoms with Crippen LogP contribution < -0.4 is 4.72 Å². The smallest absolute Gasteiger partial charge is 0.325 e. The molecule has 0 saturated heterocycles. The number of carboxylic acid groups (broad SMARTS) is 1. The van der Waals surface area contributed by atoms with Gasteiger partial charge in [0, 0.05) is 24.8 Å². The molecule has 8 nitrogen and oxygen atoms in total. The Balaban J connectivity index is 2.04. The molecular weight excluding hydrogens is 298 g/mol. The number of hydrogen-bond acceptors (Lipinski definition) is 5. The Kier molecular flexibility index (Phi) is 4.64. The molecule has 9 heteroatoms. The lowest BCUT2D eigenvalue weighted by atomic mass is 9.88. The van der Waals surface area contributed by atoms with Crippen LogP contribution in [0.5, 0.6) is 0 Å². The fourth-order valence-electron chi connectivity index (χ4n) is 2.56. The van der Waals surface area contributed by atoms with E-state index < -0.39 is 22.5 Å². The minimum atomic E-state index is -3.75. The minimum Gasteiger partial charge on any atom is -0.480 e. The van der Waals surface area contributed by atoms with E-state index in [0.717, 1.165) is 36.6 Å². The Morgan fingerprint density at radius 3 is 2.67 bits per heavy atom. The summed E-state index contributed by atoms with van der Waals surface area (Å²) in [4.78, 5) is 10.5. The molecule has 21 heavy (non-hydrogen) atoms. The Labute approximate surface area is 122 Å². The Hall–Kier alpha value is -1.45. The van der Waals surface area contributed by atoms with E-state index in [1.54, 1.807) is 0 Å². The van der Waals surface area contributed by atoms with Crippen molar-refractivity contribution in [1.29, 1.82) is 0 Å². The van der Waals surface area contributed by atoms with Crippen molar-refractivity contribution in [2.45, 2.75) is 37.1 Å². The van der Waals surface area contributed by atoms with E-state index in [9.17, 15) is 18.3 Å². The monoisotopic (exact) mass is 317 g/mol. The number of aromatic nitrogens is 2. The third-order valence-electron chi connectivity index (χ3n) is 3.85. The standard InChI is InChI=1S/C12H19N3O5S/c16-9-12(3-1-2-4-12)8-14-21(19,20)10-5-13-15(6-10)7-11(17)18/h5-6,14,16H,1-4,7-9H2,(H,17,18). The topological polar surface area (TPSA) is 122 Å². The number of sulfonamides is 1. The van der Waals surface area contributed by atoms with Crippen molar-refractivity contribution in [1.82, 2.24) is 14.5 Å². The molecule has 1 saturated carbocycles. The molecule has 1 aromatic heterocycles. The van der Waals surface area contributed by atoms with Crippen LogP contribution in [0.3, 0.4) is 0 Å². The van der Waals surface area contributed by atoms with Crippen molar-refractivity contribution >= 4 is 16.0 Å². The van der Waals surface area contributed by atoms with E-state index in [4.69, 9.17) is 5.11 Å². The van der Waals surface area contributed by atoms with Gasteiger partial charge in [-0.25, -0.2) is 13.1 Å². The summed E-state index contributed by atoms with van der Waals surface area (Å²) >= 11 is 0. The number of aliphatic carboxylic acids is 1. The van der Waals surface area contributed by atoms with Gasteiger partial charge in [-0.3, -0.25) is 9.48 Å². The van der Waals surface area contributed by atoms with Crippen LogP contribution in [0.1, 0.15) is 25.7 Å². The summed E-state index contributed by atoms with van der Waals surface area (Å²) in [5, 5.41) is 21.8. The molecule has 0 radical (unpaired) electrons. The maximum Gasteiger partial charge on any atom is 0.325 e. The highest BCUT2D eigenvalue weighted by atomic mass is 32.2. The van der Waals surface area contributed by atoms with Crippen molar-refractivity contribution in [3.8, 4) is 0 Å². The summed E-state index contributed by atoms with van der Waals surface area (Å²) in [6.07, 6.45) is 5.86. The number of carboxylic acids is 1. The molecule has 0 aliphatic heterocycles. The van der Waals surface area contributed by atoms with Gasteiger partial charge in [0.15, 0.2) is 0 Å². The quantitative estimate of drug-likeness (QED) is 0.640. The van der Waals surface area contributed by atoms with E-state index in [-0.39, 0.29) is 23.5 Å². The van der Waals surface area contributed by atoms with Gasteiger partial charge in [-0.2, -0.15) is 5.10 Å². The first-order valence-corrected chi connectivity index (χ1v) is 8.20. The highest BCUT2D eigenvalue weighted by molar-refractivity contribution is 7.89. The molecular formula is C12H19N3O5S. The number of carbonyl (C=O) groups is 1. The molecule has 0 bridgehead atoms. The van der Waals surface area contributed by atoms with Crippen molar-refractivity contribution in [2.24, 2.45) is 5.41 Å². The molecule has 1 aliphatic carbocycles. The number of hydrogen-bond donors (Lipinski definition) is 3. The molecule has 1 aliphatic rings. The van der Waals surface area contributed by atoms with Crippen LogP contribution in [0, 0.1) is 5.41 Å². The first-order chi connectivity index (χ1) is 9.87. The maximum absolute atomic E-state index is 12.2. The van der Waals surface area contributed by atoms with E-state index in [2.05, 4.69) is 9.82 Å². The molecule has 0 atom stereocenters. The second kappa shape index (κ2) is 6.12. The van der Waals surface area contributed by atoms with Gasteiger partial charge in [-0.1, -0.05) is 12.8 Å². The average molecular weight is 317 g/mol. The fraction of sp³-hybridized carbons (Fsp3) is 0.667. The maximum atomic E-state index is 12.2. The molecule has 1 fully saturated rings. The minimum absolute atomic E-state index is 0.0478. The zero-order valence-electron chi connectivity index (χ0n) is 11.5. The Morgan fingerprint density at radius 1 is 1.43 bits per heavy atom. The van der Waals surface area contributed by atoms with Crippen LogP contribution in [0.4, 0.5) is 0 Å². The number of aliphatic hydroxyl groups excluding tert-OH is 1. The first-order valence-electron chi connectivity index (χ1n) is 6.72. The normalized spacial score (nSPS) is 18.0. The number of rotatable bonds is 7. The van der Waals surface area contributed by atoms with Gasteiger partial charge in [0.2, 0.25) is 10.0 Å². The van der Waals surface area contributed by atoms with Gasteiger partial charge < -0.3 is 10.2 Å². The molecule has 1 aromatic rings. The van der Waals surface area contributed by atoms with E-state index in [1.807, 2.05) is 0 Å². The second-order valence-corrected chi connectivity index (χ2v) is 7.22. The first kappa shape index (κ1) is 15.9. The summed E-state index contributed by atoms with van der Waals surface area (Å²) in [7, 11) is -3.75. The van der Waals surface area contributed by atoms with Crippen molar-refractivity contribution < 1.29 is 23.4 Å². The lowest BCUT2D eigenvalue weighted by molar-refractivity contribution is -0.137. The molecule has 1 heterocycles. The largest absolute Gasteiger partial charge is 0.480 e. The molecule has 3 N–H and O–H groups in total. The summed E-state index contributed by atoms with van der Waals surface area (Å²) in [6, 6.07) is 0. The molecule has 0 unspecified atom stereocenters. The number of nitrogens with one attached hydrogen (secondary N) is 1. The summed E-state index contributed by atoms with van der Waals surface area (Å²) in [5.74, 6) is -1.10. The van der Waals surface area contributed by atoms with E-state index in [1.165, 1.54) is 6.20 Å². The number of aliphatic hydroxyl groups is 1. The summed E-state index contributed by atoms with van der Waals surface area (Å²) in [6.45, 7) is -0.264. The van der Waals surface area contributed by atoms with Gasteiger partial charge in [0.05, 0.1) is 6.20 Å². The van der Waals surface area contributed by atoms with Crippen molar-refractivity contribution in [2.75, 3.05) is 13.2 Å². The van der Waals surface area contributed by atoms with Gasteiger partial charge >= 0.3 is 5.97 Å². The van der Waals surface area contributed by atoms with Crippen LogP contribution in [0.2, 0.25) is 0 Å². The zero-order chi connectivity index (χ0) is 15.5. The van der Waals surface area contributed by atoms with Gasteiger partial charge in [0.25, 0.3) is 0 Å². The molecule has 2 rings (SSSR count). The Bertz CT molecular complexity index is 604. The molecule has 0 amide bonds. The SMILES string of the molecule is O=C(O)Cn1cc(S(=O)(=O)NCC2(CO)CCCC2)cn1. The summed E-state index contributed by atoms with van der Waals surface area (Å²) in [5.41, 5.74) is -0.385. The Morgan fingerprint density at radius 2 is 2.10 bits per heavy atom. The summed E-state index contributed by atoms with van der Waals surface area (Å²) < 4.78 is 27.8. The van der Waals surface area contributed by atoms with E-state index >= 15 is 0 Å². The van der Waals surface area contributed by atoms with Crippen LogP contribution >= 0.6 is 0 Å². The fourth-order valence-corrected chi connectivity index (χ4v) is 3.66. The third-order valence-corrected chi connectivity index (χ3v) is 5.21. The van der Waals surface area contributed by atoms with Crippen molar-refractivity contribution in [3.05, 3.63) is 12.4 Å². The van der Waals surface area contributed by atoms with Crippen LogP contribution in [0.15, 0.2) is 17.3 Å². The molecule has 0 aromatic carbocycles. The predicted molar refractivity (Wildman–Crippen MR) is 73.0 cm³/mol. The second-order valence-electron chi connectivity index (χ2n) is 5.46. The highest BCUT2D eigenvalue weighted by Crippen LogP contribution is 2.37. The molecule has 0 spiro atoms. The lowest BCUT2D eigenvalue weighted by Crippen LogP contribution is -2.38. The lowest BCUT2D eigenvalue weighted by Gasteiger charge is -2.26. The van der Waals surface area contributed by atoms with Gasteiger partial charge in [0.1, 0.15) is 11.4 Å². The van der Waals surface area contributed by atoms with Crippen LogP contribution in [-0.4, -0.2) is 47.5 Å². The van der Waals surface area contributed by atoms with Crippen molar-refractivity contribution in [3.63, 3.8) is 0 Å². The van der Waals surface area contributed by atoms with Gasteiger partial charge in [-0.15, -0.1) is 0 Å². The van der Waals surface area contributed by atoms with E-state index in [0.29, 0.717) is 0 Å². The molecule has 118 valence electrons. The van der Waals surface area contributed by atoms with Gasteiger partial charge in [-0.05, 0) is 12.8 Å². The van der Waals surface area contributed by atoms with Crippen LogP contribution in [0.25, 0.3) is 0 Å². The average Bonchev–Trinajstić information content (AvgIpc) is 3.06. The third kappa shape index (κ3) is 3.80. The van der Waals surface area contributed by atoms with Crippen LogP contribution in [-0.2, 0) is 21.4 Å². The zero-order valence-corrected chi connectivity index (χ0v) is 12.3. The predicted octanol–water partition coefficient (Wildman–Crippen LogP) is -0.201.